The Hall–Kier alpha value is -2.17. The first kappa shape index (κ1) is 15.7. The number of esters is 1. The summed E-state index contributed by atoms with van der Waals surface area (Å²) in [6.07, 6.45) is 0.899. The van der Waals surface area contributed by atoms with Gasteiger partial charge in [0.05, 0.1) is 6.10 Å². The van der Waals surface area contributed by atoms with Gasteiger partial charge in [-0.3, -0.25) is 4.79 Å². The number of piperidine rings is 1. The fourth-order valence-corrected chi connectivity index (χ4v) is 2.72. The zero-order chi connectivity index (χ0) is 16.1. The lowest BCUT2D eigenvalue weighted by molar-refractivity contribution is -0.148. The van der Waals surface area contributed by atoms with Gasteiger partial charge in [0, 0.05) is 6.54 Å². The van der Waals surface area contributed by atoms with Crippen LogP contribution in [0.4, 0.5) is 0 Å². The predicted molar refractivity (Wildman–Crippen MR) is 88.7 cm³/mol. The van der Waals surface area contributed by atoms with E-state index in [1.165, 1.54) is 5.56 Å². The van der Waals surface area contributed by atoms with Gasteiger partial charge in [0.25, 0.3) is 0 Å². The predicted octanol–water partition coefficient (Wildman–Crippen LogP) is 2.51. The maximum Gasteiger partial charge on any atom is 0.323 e. The molecule has 4 nitrogen and oxygen atoms in total. The minimum Gasteiger partial charge on any atom is -0.460 e. The van der Waals surface area contributed by atoms with Gasteiger partial charge in [-0.15, -0.1) is 0 Å². The number of carbonyl (C=O) groups is 1. The van der Waals surface area contributed by atoms with E-state index in [1.54, 1.807) is 0 Å². The summed E-state index contributed by atoms with van der Waals surface area (Å²) >= 11 is 0. The van der Waals surface area contributed by atoms with Crippen LogP contribution in [0.3, 0.4) is 0 Å². The summed E-state index contributed by atoms with van der Waals surface area (Å²) in [6, 6.07) is 17.9. The lowest BCUT2D eigenvalue weighted by atomic mass is 10.0. The molecule has 2 atom stereocenters. The van der Waals surface area contributed by atoms with Crippen molar-refractivity contribution in [1.82, 2.24) is 5.32 Å². The van der Waals surface area contributed by atoms with E-state index in [0.29, 0.717) is 19.4 Å². The van der Waals surface area contributed by atoms with E-state index in [0.717, 1.165) is 11.1 Å². The molecule has 2 N–H and O–H groups in total. The lowest BCUT2D eigenvalue weighted by Crippen LogP contribution is -2.46. The van der Waals surface area contributed by atoms with Gasteiger partial charge in [0.2, 0.25) is 0 Å². The van der Waals surface area contributed by atoms with Gasteiger partial charge in [-0.05, 0) is 29.5 Å². The zero-order valence-corrected chi connectivity index (χ0v) is 12.9. The van der Waals surface area contributed by atoms with Gasteiger partial charge >= 0.3 is 5.97 Å². The highest BCUT2D eigenvalue weighted by Gasteiger charge is 2.25. The molecule has 1 unspecified atom stereocenters. The molecule has 2 aromatic rings. The smallest absolute Gasteiger partial charge is 0.323 e. The van der Waals surface area contributed by atoms with Gasteiger partial charge in [-0.1, -0.05) is 54.6 Å². The SMILES string of the molecule is O=C(OCc1ccc(-c2ccccc2)cc1)C1CC[C@@H](O)CN1. The number of aliphatic hydroxyl groups excluding tert-OH is 1. The number of benzene rings is 2. The largest absolute Gasteiger partial charge is 0.460 e. The van der Waals surface area contributed by atoms with E-state index < -0.39 is 0 Å². The van der Waals surface area contributed by atoms with Crippen molar-refractivity contribution in [2.45, 2.75) is 31.6 Å². The van der Waals surface area contributed by atoms with Crippen molar-refractivity contribution >= 4 is 5.97 Å². The second kappa shape index (κ2) is 7.40. The van der Waals surface area contributed by atoms with Crippen LogP contribution in [0, 0.1) is 0 Å². The molecule has 4 heteroatoms. The van der Waals surface area contributed by atoms with Crippen LogP contribution in [0.25, 0.3) is 11.1 Å². The topological polar surface area (TPSA) is 58.6 Å². The van der Waals surface area contributed by atoms with E-state index in [9.17, 15) is 9.90 Å². The molecule has 2 aromatic carbocycles. The maximum absolute atomic E-state index is 12.0. The highest BCUT2D eigenvalue weighted by Crippen LogP contribution is 2.19. The molecule has 1 fully saturated rings. The first-order chi connectivity index (χ1) is 11.2. The average molecular weight is 311 g/mol. The summed E-state index contributed by atoms with van der Waals surface area (Å²) in [5, 5.41) is 12.4. The Morgan fingerprint density at radius 3 is 2.39 bits per heavy atom. The second-order valence-corrected chi connectivity index (χ2v) is 5.86. The molecule has 0 bridgehead atoms. The Bertz CT molecular complexity index is 631. The molecule has 3 rings (SSSR count). The third-order valence-electron chi connectivity index (χ3n) is 4.12. The van der Waals surface area contributed by atoms with E-state index >= 15 is 0 Å². The summed E-state index contributed by atoms with van der Waals surface area (Å²) in [7, 11) is 0. The van der Waals surface area contributed by atoms with Crippen molar-refractivity contribution in [3.63, 3.8) is 0 Å². The monoisotopic (exact) mass is 311 g/mol. The number of ether oxygens (including phenoxy) is 1. The minimum absolute atomic E-state index is 0.246. The van der Waals surface area contributed by atoms with Crippen molar-refractivity contribution in [2.75, 3.05) is 6.54 Å². The Labute approximate surface area is 136 Å². The maximum atomic E-state index is 12.0. The van der Waals surface area contributed by atoms with Crippen molar-refractivity contribution in [3.05, 3.63) is 60.2 Å². The molecular formula is C19H21NO3. The standard InChI is InChI=1S/C19H21NO3/c21-17-10-11-18(20-12-17)19(22)23-13-14-6-8-16(9-7-14)15-4-2-1-3-5-15/h1-9,17-18,20-21H,10-13H2/t17-,18?/m1/s1. The zero-order valence-electron chi connectivity index (χ0n) is 12.9. The number of rotatable bonds is 4. The van der Waals surface area contributed by atoms with E-state index in [2.05, 4.69) is 17.4 Å². The third-order valence-corrected chi connectivity index (χ3v) is 4.12. The Balaban J connectivity index is 1.53. The Kier molecular flexibility index (Phi) is 5.05. The number of β-amino-alcohol motifs (C(OH)–C–C–N with tert-alkyl or cyclic N) is 1. The first-order valence-electron chi connectivity index (χ1n) is 7.95. The Morgan fingerprint density at radius 2 is 1.74 bits per heavy atom. The summed E-state index contributed by atoms with van der Waals surface area (Å²) < 4.78 is 5.37. The van der Waals surface area contributed by atoms with E-state index in [-0.39, 0.29) is 24.7 Å². The Morgan fingerprint density at radius 1 is 1.04 bits per heavy atom. The molecule has 0 radical (unpaired) electrons. The highest BCUT2D eigenvalue weighted by atomic mass is 16.5. The molecule has 1 aliphatic rings. The number of hydrogen-bond donors (Lipinski definition) is 2. The summed E-state index contributed by atoms with van der Waals surface area (Å²) in [4.78, 5) is 12.0. The molecule has 120 valence electrons. The fraction of sp³-hybridized carbons (Fsp3) is 0.316. The summed E-state index contributed by atoms with van der Waals surface area (Å²) in [5.41, 5.74) is 3.28. The van der Waals surface area contributed by atoms with Crippen LogP contribution in [-0.2, 0) is 16.1 Å². The van der Waals surface area contributed by atoms with Crippen LogP contribution < -0.4 is 5.32 Å². The van der Waals surface area contributed by atoms with Crippen LogP contribution in [-0.4, -0.2) is 29.8 Å². The van der Waals surface area contributed by atoms with E-state index in [4.69, 9.17) is 4.74 Å². The molecule has 0 aromatic heterocycles. The van der Waals surface area contributed by atoms with Crippen molar-refractivity contribution in [3.8, 4) is 11.1 Å². The molecule has 0 aliphatic carbocycles. The summed E-state index contributed by atoms with van der Waals surface area (Å²) in [6.45, 7) is 0.722. The molecule has 1 heterocycles. The number of hydrogen-bond acceptors (Lipinski definition) is 4. The minimum atomic E-state index is -0.357. The molecule has 0 spiro atoms. The van der Waals surface area contributed by atoms with Crippen LogP contribution in [0.15, 0.2) is 54.6 Å². The van der Waals surface area contributed by atoms with Crippen molar-refractivity contribution < 1.29 is 14.6 Å². The number of aliphatic hydroxyl groups is 1. The van der Waals surface area contributed by atoms with Gasteiger partial charge in [0.15, 0.2) is 0 Å². The molecule has 23 heavy (non-hydrogen) atoms. The first-order valence-corrected chi connectivity index (χ1v) is 7.95. The van der Waals surface area contributed by atoms with Gasteiger partial charge in [0.1, 0.15) is 12.6 Å². The van der Waals surface area contributed by atoms with Gasteiger partial charge in [-0.25, -0.2) is 0 Å². The molecule has 0 saturated carbocycles. The molecule has 1 saturated heterocycles. The molecule has 0 amide bonds. The third kappa shape index (κ3) is 4.18. The van der Waals surface area contributed by atoms with Gasteiger partial charge in [-0.2, -0.15) is 0 Å². The van der Waals surface area contributed by atoms with Crippen LogP contribution >= 0.6 is 0 Å². The average Bonchev–Trinajstić information content (AvgIpc) is 2.61. The van der Waals surface area contributed by atoms with Crippen LogP contribution in [0.2, 0.25) is 0 Å². The van der Waals surface area contributed by atoms with Crippen molar-refractivity contribution in [1.29, 1.82) is 0 Å². The summed E-state index contributed by atoms with van der Waals surface area (Å²) in [5.74, 6) is -0.246. The van der Waals surface area contributed by atoms with E-state index in [1.807, 2.05) is 42.5 Å². The second-order valence-electron chi connectivity index (χ2n) is 5.86. The highest BCUT2D eigenvalue weighted by molar-refractivity contribution is 5.76. The fourth-order valence-electron chi connectivity index (χ4n) is 2.72. The lowest BCUT2D eigenvalue weighted by Gasteiger charge is -2.25. The van der Waals surface area contributed by atoms with Crippen LogP contribution in [0.1, 0.15) is 18.4 Å². The number of carbonyl (C=O) groups excluding carboxylic acids is 1. The van der Waals surface area contributed by atoms with Crippen molar-refractivity contribution in [2.24, 2.45) is 0 Å². The quantitative estimate of drug-likeness (QED) is 0.852. The molecule has 1 aliphatic heterocycles. The van der Waals surface area contributed by atoms with Crippen LogP contribution in [0.5, 0.6) is 0 Å². The normalized spacial score (nSPS) is 20.9. The van der Waals surface area contributed by atoms with Gasteiger partial charge < -0.3 is 15.2 Å². The number of nitrogens with one attached hydrogen (secondary N) is 1. The molecular weight excluding hydrogens is 290 g/mol.